The van der Waals surface area contributed by atoms with E-state index in [0.717, 1.165) is 11.1 Å². The molecule has 2 nitrogen and oxygen atoms in total. The van der Waals surface area contributed by atoms with E-state index in [4.69, 9.17) is 10.5 Å². The smallest absolute Gasteiger partial charge is 0.167 e. The van der Waals surface area contributed by atoms with Gasteiger partial charge in [0.2, 0.25) is 0 Å². The summed E-state index contributed by atoms with van der Waals surface area (Å²) in [4.78, 5) is 0. The molecule has 0 radical (unpaired) electrons. The van der Waals surface area contributed by atoms with Gasteiger partial charge in [-0.3, -0.25) is 0 Å². The van der Waals surface area contributed by atoms with Crippen molar-refractivity contribution in [3.63, 3.8) is 0 Å². The van der Waals surface area contributed by atoms with Crippen LogP contribution >= 0.6 is 0 Å². The van der Waals surface area contributed by atoms with Gasteiger partial charge in [0.15, 0.2) is 11.6 Å². The van der Waals surface area contributed by atoms with E-state index in [1.165, 1.54) is 18.2 Å². The number of nitrogens with two attached hydrogens (primary N) is 1. The van der Waals surface area contributed by atoms with Gasteiger partial charge in [0.05, 0.1) is 0 Å². The number of anilines is 1. The fourth-order valence-electron chi connectivity index (χ4n) is 1.52. The molecule has 0 atom stereocenters. The number of rotatable bonds is 3. The third kappa shape index (κ3) is 2.77. The molecule has 2 aromatic rings. The first-order valence-electron chi connectivity index (χ1n) is 5.49. The van der Waals surface area contributed by atoms with E-state index >= 15 is 0 Å². The van der Waals surface area contributed by atoms with Gasteiger partial charge in [-0.2, -0.15) is 0 Å². The Kier molecular flexibility index (Phi) is 3.46. The van der Waals surface area contributed by atoms with Crippen LogP contribution in [0.4, 0.5) is 14.5 Å². The highest BCUT2D eigenvalue weighted by atomic mass is 19.1. The van der Waals surface area contributed by atoms with Crippen LogP contribution in [0.25, 0.3) is 0 Å². The zero-order valence-corrected chi connectivity index (χ0v) is 9.91. The summed E-state index contributed by atoms with van der Waals surface area (Å²) < 4.78 is 31.6. The molecule has 0 fully saturated rings. The maximum Gasteiger partial charge on any atom is 0.167 e. The zero-order valence-electron chi connectivity index (χ0n) is 9.91. The highest BCUT2D eigenvalue weighted by molar-refractivity contribution is 5.50. The lowest BCUT2D eigenvalue weighted by Crippen LogP contribution is -1.99. The topological polar surface area (TPSA) is 35.2 Å². The molecule has 4 heteroatoms. The van der Waals surface area contributed by atoms with Crippen LogP contribution in [0.5, 0.6) is 5.75 Å². The predicted octanol–water partition coefficient (Wildman–Crippen LogP) is 3.43. The minimum atomic E-state index is -0.500. The molecule has 0 heterocycles. The summed E-state index contributed by atoms with van der Waals surface area (Å²) in [5.41, 5.74) is 7.49. The summed E-state index contributed by atoms with van der Waals surface area (Å²) in [6.45, 7) is 1.96. The number of hydrogen-bond donors (Lipinski definition) is 1. The van der Waals surface area contributed by atoms with Crippen molar-refractivity contribution in [3.8, 4) is 5.75 Å². The minimum absolute atomic E-state index is 0.144. The monoisotopic (exact) mass is 249 g/mol. The molecule has 2 N–H and O–H groups in total. The Morgan fingerprint density at radius 3 is 2.44 bits per heavy atom. The summed E-state index contributed by atoms with van der Waals surface area (Å²) in [7, 11) is 0. The lowest BCUT2D eigenvalue weighted by Gasteiger charge is -2.09. The minimum Gasteiger partial charge on any atom is -0.486 e. The Hall–Kier alpha value is -2.10. The van der Waals surface area contributed by atoms with Crippen molar-refractivity contribution in [1.29, 1.82) is 0 Å². The van der Waals surface area contributed by atoms with Crippen LogP contribution in [0, 0.1) is 18.6 Å². The van der Waals surface area contributed by atoms with Crippen LogP contribution < -0.4 is 10.5 Å². The Labute approximate surface area is 104 Å². The third-order valence-electron chi connectivity index (χ3n) is 2.63. The summed E-state index contributed by atoms with van der Waals surface area (Å²) in [6.07, 6.45) is 0. The molecule has 0 aliphatic heterocycles. The quantitative estimate of drug-likeness (QED) is 0.846. The van der Waals surface area contributed by atoms with Crippen LogP contribution in [0.1, 0.15) is 11.1 Å². The largest absolute Gasteiger partial charge is 0.486 e. The molecule has 0 amide bonds. The lowest BCUT2D eigenvalue weighted by atomic mass is 10.2. The molecule has 0 aliphatic rings. The van der Waals surface area contributed by atoms with E-state index in [1.807, 2.05) is 0 Å². The number of halogens is 2. The average molecular weight is 249 g/mol. The van der Waals surface area contributed by atoms with Gasteiger partial charge in [-0.25, -0.2) is 8.78 Å². The van der Waals surface area contributed by atoms with Gasteiger partial charge in [0.25, 0.3) is 0 Å². The fraction of sp³-hybridized carbons (Fsp3) is 0.143. The van der Waals surface area contributed by atoms with E-state index in [9.17, 15) is 8.78 Å². The molecule has 94 valence electrons. The number of aryl methyl sites for hydroxylation is 1. The maximum atomic E-state index is 13.5. The number of benzene rings is 2. The summed E-state index contributed by atoms with van der Waals surface area (Å²) in [5, 5.41) is 0. The van der Waals surface area contributed by atoms with Gasteiger partial charge in [0, 0.05) is 11.8 Å². The normalized spacial score (nSPS) is 10.4. The Bertz CT molecular complexity index is 552. The molecular formula is C14H13F2NO. The van der Waals surface area contributed by atoms with Crippen molar-refractivity contribution in [2.75, 3.05) is 5.73 Å². The number of ether oxygens (including phenoxy) is 1. The Morgan fingerprint density at radius 2 is 1.78 bits per heavy atom. The molecule has 0 spiro atoms. The Balaban J connectivity index is 2.10. The van der Waals surface area contributed by atoms with Crippen LogP contribution in [-0.4, -0.2) is 0 Å². The molecule has 2 aromatic carbocycles. The van der Waals surface area contributed by atoms with Crippen molar-refractivity contribution in [2.24, 2.45) is 0 Å². The van der Waals surface area contributed by atoms with Crippen LogP contribution in [0.15, 0.2) is 36.4 Å². The molecule has 0 unspecified atom stereocenters. The van der Waals surface area contributed by atoms with Gasteiger partial charge < -0.3 is 10.5 Å². The van der Waals surface area contributed by atoms with E-state index in [0.29, 0.717) is 5.69 Å². The van der Waals surface area contributed by atoms with Gasteiger partial charge in [0.1, 0.15) is 12.4 Å². The van der Waals surface area contributed by atoms with Crippen molar-refractivity contribution in [3.05, 3.63) is 59.2 Å². The second kappa shape index (κ2) is 5.04. The lowest BCUT2D eigenvalue weighted by molar-refractivity contribution is 0.290. The zero-order chi connectivity index (χ0) is 13.1. The van der Waals surface area contributed by atoms with Gasteiger partial charge in [-0.15, -0.1) is 0 Å². The second-order valence-electron chi connectivity index (χ2n) is 4.05. The molecule has 0 aliphatic carbocycles. The molecule has 0 saturated carbocycles. The molecule has 0 bridgehead atoms. The first-order chi connectivity index (χ1) is 8.56. The standard InChI is InChI=1S/C14H13F2NO/c1-9-6-14(12(16)7-13(9)17)18-8-10-2-4-11(15)5-3-10/h2-7H,8,17H2,1H3. The van der Waals surface area contributed by atoms with Gasteiger partial charge in [-0.1, -0.05) is 12.1 Å². The van der Waals surface area contributed by atoms with Crippen molar-refractivity contribution < 1.29 is 13.5 Å². The van der Waals surface area contributed by atoms with E-state index in [2.05, 4.69) is 0 Å². The summed E-state index contributed by atoms with van der Waals surface area (Å²) in [5.74, 6) is -0.667. The number of nitrogen functional groups attached to an aromatic ring is 1. The maximum absolute atomic E-state index is 13.5. The summed E-state index contributed by atoms with van der Waals surface area (Å²) in [6, 6.07) is 8.64. The number of hydrogen-bond acceptors (Lipinski definition) is 2. The highest BCUT2D eigenvalue weighted by Crippen LogP contribution is 2.24. The van der Waals surface area contributed by atoms with E-state index in [-0.39, 0.29) is 18.2 Å². The SMILES string of the molecule is Cc1cc(OCc2ccc(F)cc2)c(F)cc1N. The van der Waals surface area contributed by atoms with E-state index < -0.39 is 5.82 Å². The second-order valence-corrected chi connectivity index (χ2v) is 4.05. The van der Waals surface area contributed by atoms with Gasteiger partial charge in [-0.05, 0) is 36.2 Å². The molecule has 2 rings (SSSR count). The van der Waals surface area contributed by atoms with Crippen LogP contribution in [-0.2, 0) is 6.61 Å². The average Bonchev–Trinajstić information content (AvgIpc) is 2.34. The predicted molar refractivity (Wildman–Crippen MR) is 66.3 cm³/mol. The molecular weight excluding hydrogens is 236 g/mol. The molecule has 18 heavy (non-hydrogen) atoms. The van der Waals surface area contributed by atoms with Crippen molar-refractivity contribution >= 4 is 5.69 Å². The first kappa shape index (κ1) is 12.4. The van der Waals surface area contributed by atoms with Crippen molar-refractivity contribution in [2.45, 2.75) is 13.5 Å². The first-order valence-corrected chi connectivity index (χ1v) is 5.49. The molecule has 0 saturated heterocycles. The molecule has 0 aromatic heterocycles. The fourth-order valence-corrected chi connectivity index (χ4v) is 1.52. The Morgan fingerprint density at radius 1 is 1.11 bits per heavy atom. The summed E-state index contributed by atoms with van der Waals surface area (Å²) >= 11 is 0. The highest BCUT2D eigenvalue weighted by Gasteiger charge is 2.07. The van der Waals surface area contributed by atoms with Crippen molar-refractivity contribution in [1.82, 2.24) is 0 Å². The van der Waals surface area contributed by atoms with Crippen LogP contribution in [0.3, 0.4) is 0 Å². The van der Waals surface area contributed by atoms with Crippen LogP contribution in [0.2, 0.25) is 0 Å². The third-order valence-corrected chi connectivity index (χ3v) is 2.63. The van der Waals surface area contributed by atoms with Gasteiger partial charge >= 0.3 is 0 Å². The van der Waals surface area contributed by atoms with E-state index in [1.54, 1.807) is 25.1 Å².